The van der Waals surface area contributed by atoms with Crippen molar-refractivity contribution in [2.75, 3.05) is 34.4 Å². The van der Waals surface area contributed by atoms with E-state index >= 15 is 0 Å². The molecule has 0 radical (unpaired) electrons. The number of nitrogens with zero attached hydrogens (tertiary/aromatic N) is 2. The van der Waals surface area contributed by atoms with Crippen LogP contribution in [0.1, 0.15) is 44.6 Å². The molecular formula is C21H34N4O3. The molecule has 0 aromatic heterocycles. The maximum absolute atomic E-state index is 12.1. The summed E-state index contributed by atoms with van der Waals surface area (Å²) in [7, 11) is 5.27. The highest BCUT2D eigenvalue weighted by molar-refractivity contribution is 5.81. The first-order chi connectivity index (χ1) is 13.6. The Kier molecular flexibility index (Phi) is 8.91. The number of ether oxygens (including phenoxy) is 2. The van der Waals surface area contributed by atoms with Crippen molar-refractivity contribution in [2.24, 2.45) is 4.99 Å². The fourth-order valence-corrected chi connectivity index (χ4v) is 3.42. The van der Waals surface area contributed by atoms with E-state index in [1.807, 2.05) is 37.1 Å². The molecule has 7 heteroatoms. The summed E-state index contributed by atoms with van der Waals surface area (Å²) in [5.74, 6) is 2.40. The predicted molar refractivity (Wildman–Crippen MR) is 112 cm³/mol. The lowest BCUT2D eigenvalue weighted by molar-refractivity contribution is -0.121. The number of methoxy groups -OCH3 is 2. The van der Waals surface area contributed by atoms with Gasteiger partial charge in [-0.15, -0.1) is 0 Å². The highest BCUT2D eigenvalue weighted by Gasteiger charge is 2.17. The van der Waals surface area contributed by atoms with E-state index in [2.05, 4.69) is 15.6 Å². The van der Waals surface area contributed by atoms with Gasteiger partial charge in [-0.25, -0.2) is 0 Å². The minimum absolute atomic E-state index is 0.0889. The van der Waals surface area contributed by atoms with Gasteiger partial charge in [-0.05, 0) is 31.9 Å². The highest BCUT2D eigenvalue weighted by Crippen LogP contribution is 2.25. The van der Waals surface area contributed by atoms with Crippen LogP contribution in [-0.4, -0.2) is 57.2 Å². The van der Waals surface area contributed by atoms with Gasteiger partial charge >= 0.3 is 0 Å². The van der Waals surface area contributed by atoms with E-state index in [0.29, 0.717) is 25.6 Å². The summed E-state index contributed by atoms with van der Waals surface area (Å²) >= 11 is 0. The third-order valence-corrected chi connectivity index (χ3v) is 4.92. The molecule has 0 bridgehead atoms. The zero-order valence-electron chi connectivity index (χ0n) is 17.6. The van der Waals surface area contributed by atoms with Gasteiger partial charge in [0.25, 0.3) is 0 Å². The second-order valence-corrected chi connectivity index (χ2v) is 7.07. The summed E-state index contributed by atoms with van der Waals surface area (Å²) in [6.45, 7) is 3.89. The molecule has 28 heavy (non-hydrogen) atoms. The van der Waals surface area contributed by atoms with Crippen LogP contribution in [0.5, 0.6) is 11.5 Å². The number of carbonyl (C=O) groups excluding carboxylic acids is 1. The van der Waals surface area contributed by atoms with Crippen LogP contribution in [0.3, 0.4) is 0 Å². The second-order valence-electron chi connectivity index (χ2n) is 7.07. The molecular weight excluding hydrogens is 356 g/mol. The molecule has 0 atom stereocenters. The molecule has 0 unspecified atom stereocenters. The first-order valence-electron chi connectivity index (χ1n) is 10.1. The van der Waals surface area contributed by atoms with Crippen LogP contribution in [0.15, 0.2) is 23.2 Å². The molecule has 2 N–H and O–H groups in total. The number of hydrogen-bond donors (Lipinski definition) is 2. The predicted octanol–water partition coefficient (Wildman–Crippen LogP) is 2.55. The van der Waals surface area contributed by atoms with E-state index < -0.39 is 0 Å². The van der Waals surface area contributed by atoms with E-state index in [-0.39, 0.29) is 5.91 Å². The second kappa shape index (κ2) is 11.4. The number of guanidine groups is 1. The maximum atomic E-state index is 12.1. The average Bonchev–Trinajstić information content (AvgIpc) is 3.20. The molecule has 0 spiro atoms. The first kappa shape index (κ1) is 21.9. The number of hydrogen-bond acceptors (Lipinski definition) is 4. The monoisotopic (exact) mass is 390 g/mol. The lowest BCUT2D eigenvalue weighted by Crippen LogP contribution is -2.39. The lowest BCUT2D eigenvalue weighted by atomic mass is 10.2. The minimum atomic E-state index is 0.0889. The molecule has 1 aromatic rings. The van der Waals surface area contributed by atoms with Gasteiger partial charge in [0.15, 0.2) is 5.96 Å². The Morgan fingerprint density at radius 2 is 2.00 bits per heavy atom. The first-order valence-corrected chi connectivity index (χ1v) is 10.1. The van der Waals surface area contributed by atoms with Gasteiger partial charge in [0.2, 0.25) is 5.91 Å². The van der Waals surface area contributed by atoms with E-state index in [1.54, 1.807) is 14.2 Å². The standard InChI is InChI=1S/C21H34N4O3/c1-5-22-21(23-13-12-20(26)24-17-8-6-7-9-17)25(2)15-16-10-11-18(27-3)14-19(16)28-4/h10-11,14,17H,5-9,12-13,15H2,1-4H3,(H,22,23)(H,24,26). The number of amides is 1. The van der Waals surface area contributed by atoms with E-state index in [9.17, 15) is 4.79 Å². The van der Waals surface area contributed by atoms with Crippen LogP contribution in [0.4, 0.5) is 0 Å². The fraction of sp³-hybridized carbons (Fsp3) is 0.619. The number of benzene rings is 1. The molecule has 2 rings (SSSR count). The summed E-state index contributed by atoms with van der Waals surface area (Å²) in [4.78, 5) is 18.7. The van der Waals surface area contributed by atoms with Crippen molar-refractivity contribution in [1.82, 2.24) is 15.5 Å². The molecule has 156 valence electrons. The number of rotatable bonds is 9. The summed E-state index contributed by atoms with van der Waals surface area (Å²) in [5, 5.41) is 6.40. The van der Waals surface area contributed by atoms with Crippen molar-refractivity contribution in [1.29, 1.82) is 0 Å². The SMILES string of the molecule is CCNC(=NCCC(=O)NC1CCCC1)N(C)Cc1ccc(OC)cc1OC. The maximum Gasteiger partial charge on any atom is 0.222 e. The van der Waals surface area contributed by atoms with E-state index in [0.717, 1.165) is 42.4 Å². The summed E-state index contributed by atoms with van der Waals surface area (Å²) in [6.07, 6.45) is 5.04. The topological polar surface area (TPSA) is 75.2 Å². The molecule has 0 saturated heterocycles. The largest absolute Gasteiger partial charge is 0.497 e. The summed E-state index contributed by atoms with van der Waals surface area (Å²) < 4.78 is 10.7. The molecule has 0 heterocycles. The minimum Gasteiger partial charge on any atom is -0.497 e. The highest BCUT2D eigenvalue weighted by atomic mass is 16.5. The van der Waals surface area contributed by atoms with Crippen LogP contribution >= 0.6 is 0 Å². The van der Waals surface area contributed by atoms with Gasteiger partial charge in [0.05, 0.1) is 20.8 Å². The zero-order chi connectivity index (χ0) is 20.4. The Morgan fingerprint density at radius 3 is 2.64 bits per heavy atom. The van der Waals surface area contributed by atoms with Crippen molar-refractivity contribution in [2.45, 2.75) is 51.6 Å². The van der Waals surface area contributed by atoms with Crippen molar-refractivity contribution in [3.05, 3.63) is 23.8 Å². The molecule has 1 aromatic carbocycles. The average molecular weight is 391 g/mol. The van der Waals surface area contributed by atoms with Crippen LogP contribution in [0.2, 0.25) is 0 Å². The molecule has 1 aliphatic carbocycles. The third-order valence-electron chi connectivity index (χ3n) is 4.92. The Bertz CT molecular complexity index is 657. The Hall–Kier alpha value is -2.44. The summed E-state index contributed by atoms with van der Waals surface area (Å²) in [6, 6.07) is 6.14. The normalized spacial score (nSPS) is 14.6. The Labute approximate surface area is 168 Å². The number of carbonyl (C=O) groups is 1. The quantitative estimate of drug-likeness (QED) is 0.501. The van der Waals surface area contributed by atoms with Gasteiger partial charge in [-0.3, -0.25) is 9.79 Å². The van der Waals surface area contributed by atoms with Gasteiger partial charge in [0, 0.05) is 44.2 Å². The van der Waals surface area contributed by atoms with Crippen LogP contribution in [0.25, 0.3) is 0 Å². The molecule has 1 fully saturated rings. The molecule has 7 nitrogen and oxygen atoms in total. The molecule has 1 aliphatic rings. The van der Waals surface area contributed by atoms with Crippen molar-refractivity contribution >= 4 is 11.9 Å². The molecule has 0 aliphatic heterocycles. The summed E-state index contributed by atoms with van der Waals surface area (Å²) in [5.41, 5.74) is 1.04. The lowest BCUT2D eigenvalue weighted by Gasteiger charge is -2.23. The zero-order valence-corrected chi connectivity index (χ0v) is 17.6. The third kappa shape index (κ3) is 6.62. The fourth-order valence-electron chi connectivity index (χ4n) is 3.42. The van der Waals surface area contributed by atoms with Gasteiger partial charge in [-0.2, -0.15) is 0 Å². The van der Waals surface area contributed by atoms with Gasteiger partial charge < -0.3 is 25.0 Å². The van der Waals surface area contributed by atoms with Gasteiger partial charge in [-0.1, -0.05) is 12.8 Å². The Morgan fingerprint density at radius 1 is 1.25 bits per heavy atom. The molecule has 1 amide bonds. The Balaban J connectivity index is 1.93. The molecule has 1 saturated carbocycles. The smallest absolute Gasteiger partial charge is 0.222 e. The van der Waals surface area contributed by atoms with E-state index in [1.165, 1.54) is 12.8 Å². The van der Waals surface area contributed by atoms with Crippen LogP contribution in [0, 0.1) is 0 Å². The van der Waals surface area contributed by atoms with Crippen LogP contribution < -0.4 is 20.1 Å². The number of nitrogens with one attached hydrogen (secondary N) is 2. The van der Waals surface area contributed by atoms with Crippen molar-refractivity contribution in [3.8, 4) is 11.5 Å². The van der Waals surface area contributed by atoms with E-state index in [4.69, 9.17) is 9.47 Å². The van der Waals surface area contributed by atoms with Gasteiger partial charge in [0.1, 0.15) is 11.5 Å². The number of aliphatic imine (C=N–C) groups is 1. The van der Waals surface area contributed by atoms with Crippen molar-refractivity contribution < 1.29 is 14.3 Å². The van der Waals surface area contributed by atoms with Crippen LogP contribution in [-0.2, 0) is 11.3 Å². The van der Waals surface area contributed by atoms with Crippen molar-refractivity contribution in [3.63, 3.8) is 0 Å².